The van der Waals surface area contributed by atoms with E-state index in [9.17, 15) is 9.59 Å². The Hall–Kier alpha value is -3.26. The smallest absolute Gasteiger partial charge is 0.337 e. The van der Waals surface area contributed by atoms with Gasteiger partial charge in [0.1, 0.15) is 12.4 Å². The lowest BCUT2D eigenvalue weighted by Gasteiger charge is -2.08. The Morgan fingerprint density at radius 3 is 2.43 bits per heavy atom. The minimum atomic E-state index is -0.415. The van der Waals surface area contributed by atoms with Gasteiger partial charge in [-0.25, -0.2) is 9.79 Å². The van der Waals surface area contributed by atoms with Crippen molar-refractivity contribution in [2.45, 2.75) is 6.61 Å². The molecule has 1 aliphatic heterocycles. The highest BCUT2D eigenvalue weighted by Gasteiger charge is 2.30. The van der Waals surface area contributed by atoms with E-state index in [0.717, 1.165) is 11.1 Å². The van der Waals surface area contributed by atoms with Crippen molar-refractivity contribution >= 4 is 63.8 Å². The number of halogens is 2. The normalized spacial score (nSPS) is 15.7. The van der Waals surface area contributed by atoms with Gasteiger partial charge in [-0.15, -0.1) is 0 Å². The van der Waals surface area contributed by atoms with Gasteiger partial charge in [0.15, 0.2) is 5.17 Å². The maximum absolute atomic E-state index is 12.7. The summed E-state index contributed by atoms with van der Waals surface area (Å²) in [6.07, 6.45) is 1.81. The van der Waals surface area contributed by atoms with Crippen LogP contribution in [0.2, 0.25) is 10.0 Å². The second-order valence-electron chi connectivity index (χ2n) is 7.50. The summed E-state index contributed by atoms with van der Waals surface area (Å²) in [6, 6.07) is 19.4. The fourth-order valence-corrected chi connectivity index (χ4v) is 4.61. The molecular weight excluding hydrogens is 507 g/mol. The number of esters is 1. The van der Waals surface area contributed by atoms with E-state index < -0.39 is 5.97 Å². The Morgan fingerprint density at radius 2 is 1.77 bits per heavy atom. The molecule has 1 aliphatic rings. The molecule has 0 spiro atoms. The number of carbonyl (C=O) groups excluding carboxylic acids is 2. The molecule has 0 N–H and O–H groups in total. The van der Waals surface area contributed by atoms with Crippen molar-refractivity contribution in [2.75, 3.05) is 14.2 Å². The topological polar surface area (TPSA) is 68.2 Å². The summed E-state index contributed by atoms with van der Waals surface area (Å²) < 4.78 is 10.5. The number of benzene rings is 3. The van der Waals surface area contributed by atoms with E-state index >= 15 is 0 Å². The molecule has 0 atom stereocenters. The van der Waals surface area contributed by atoms with Crippen LogP contribution >= 0.6 is 35.0 Å². The van der Waals surface area contributed by atoms with Crippen molar-refractivity contribution in [3.63, 3.8) is 0 Å². The third kappa shape index (κ3) is 6.06. The number of amides is 1. The zero-order chi connectivity index (χ0) is 24.9. The average Bonchev–Trinajstić information content (AvgIpc) is 3.12. The molecule has 1 heterocycles. The highest BCUT2D eigenvalue weighted by atomic mass is 35.5. The summed E-state index contributed by atoms with van der Waals surface area (Å²) in [5.74, 6) is 0.123. The van der Waals surface area contributed by atoms with Crippen molar-refractivity contribution < 1.29 is 19.1 Å². The van der Waals surface area contributed by atoms with Gasteiger partial charge in [0.25, 0.3) is 5.91 Å². The molecule has 0 aliphatic carbocycles. The predicted molar refractivity (Wildman–Crippen MR) is 140 cm³/mol. The Bertz CT molecular complexity index is 1320. The van der Waals surface area contributed by atoms with Crippen LogP contribution in [0.3, 0.4) is 0 Å². The maximum Gasteiger partial charge on any atom is 0.337 e. The van der Waals surface area contributed by atoms with Gasteiger partial charge in [0.05, 0.1) is 23.3 Å². The largest absolute Gasteiger partial charge is 0.489 e. The molecule has 178 valence electrons. The van der Waals surface area contributed by atoms with Crippen molar-refractivity contribution in [1.29, 1.82) is 0 Å². The molecule has 6 nitrogen and oxygen atoms in total. The number of methoxy groups -OCH3 is 1. The van der Waals surface area contributed by atoms with Crippen molar-refractivity contribution in [3.8, 4) is 5.75 Å². The van der Waals surface area contributed by atoms with Crippen molar-refractivity contribution in [2.24, 2.45) is 4.99 Å². The number of aliphatic imine (C=N–C) groups is 1. The van der Waals surface area contributed by atoms with Crippen LogP contribution in [0.15, 0.2) is 76.6 Å². The van der Waals surface area contributed by atoms with Crippen molar-refractivity contribution in [1.82, 2.24) is 4.90 Å². The van der Waals surface area contributed by atoms with Crippen LogP contribution in [0.5, 0.6) is 5.75 Å². The number of nitrogens with zero attached hydrogens (tertiary/aromatic N) is 2. The van der Waals surface area contributed by atoms with Crippen molar-refractivity contribution in [3.05, 3.63) is 98.4 Å². The SMILES string of the molecule is COC(=O)c1ccc(N=C2SC(=Cc3ccc(OCc4ccc(Cl)cc4Cl)cc3)C(=O)N2C)cc1. The lowest BCUT2D eigenvalue weighted by Crippen LogP contribution is -2.23. The minimum Gasteiger partial charge on any atom is -0.489 e. The van der Waals surface area contributed by atoms with Gasteiger partial charge in [0.2, 0.25) is 0 Å². The molecule has 1 amide bonds. The van der Waals surface area contributed by atoms with Crippen LogP contribution in [-0.4, -0.2) is 36.1 Å². The Balaban J connectivity index is 1.43. The first-order valence-corrected chi connectivity index (χ1v) is 12.0. The van der Waals surface area contributed by atoms with E-state index in [1.54, 1.807) is 43.4 Å². The van der Waals surface area contributed by atoms with Gasteiger partial charge in [-0.2, -0.15) is 0 Å². The molecule has 4 rings (SSSR count). The highest BCUT2D eigenvalue weighted by molar-refractivity contribution is 8.18. The first kappa shape index (κ1) is 24.9. The van der Waals surface area contributed by atoms with Gasteiger partial charge in [-0.1, -0.05) is 41.4 Å². The summed E-state index contributed by atoms with van der Waals surface area (Å²) >= 11 is 13.4. The average molecular weight is 527 g/mol. The molecule has 35 heavy (non-hydrogen) atoms. The molecule has 0 aromatic heterocycles. The molecule has 0 radical (unpaired) electrons. The number of thioether (sulfide) groups is 1. The predicted octanol–water partition coefficient (Wildman–Crippen LogP) is 6.59. The lowest BCUT2D eigenvalue weighted by molar-refractivity contribution is -0.121. The number of rotatable bonds is 6. The number of carbonyl (C=O) groups is 2. The van der Waals surface area contributed by atoms with Gasteiger partial charge in [-0.3, -0.25) is 9.69 Å². The van der Waals surface area contributed by atoms with Crippen LogP contribution in [0.1, 0.15) is 21.5 Å². The standard InChI is InChI=1S/C26H20Cl2N2O4S/c1-30-24(31)23(35-26(30)29-20-9-6-17(7-10-20)25(32)33-2)13-16-3-11-21(12-4-16)34-15-18-5-8-19(27)14-22(18)28/h3-14H,15H2,1-2H3. The Morgan fingerprint density at radius 1 is 1.06 bits per heavy atom. The van der Waals surface area contributed by atoms with Crippen LogP contribution in [-0.2, 0) is 16.1 Å². The van der Waals surface area contributed by atoms with Gasteiger partial charge in [-0.05, 0) is 71.9 Å². The highest BCUT2D eigenvalue weighted by Crippen LogP contribution is 2.33. The molecule has 1 saturated heterocycles. The number of ether oxygens (including phenoxy) is 2. The minimum absolute atomic E-state index is 0.141. The summed E-state index contributed by atoms with van der Waals surface area (Å²) in [5, 5.41) is 1.68. The second kappa shape index (κ2) is 11.0. The van der Waals surface area contributed by atoms with Gasteiger partial charge < -0.3 is 9.47 Å². The fourth-order valence-electron chi connectivity index (χ4n) is 3.16. The first-order chi connectivity index (χ1) is 16.8. The third-order valence-electron chi connectivity index (χ3n) is 5.10. The Labute approximate surface area is 217 Å². The number of amidine groups is 1. The molecular formula is C26H20Cl2N2O4S. The van der Waals surface area contributed by atoms with E-state index in [0.29, 0.717) is 43.7 Å². The summed E-state index contributed by atoms with van der Waals surface area (Å²) in [4.78, 5) is 30.9. The molecule has 0 saturated carbocycles. The molecule has 1 fully saturated rings. The van der Waals surface area contributed by atoms with Gasteiger partial charge in [0, 0.05) is 22.7 Å². The van der Waals surface area contributed by atoms with E-state index in [-0.39, 0.29) is 5.91 Å². The molecule has 0 bridgehead atoms. The third-order valence-corrected chi connectivity index (χ3v) is 6.75. The zero-order valence-electron chi connectivity index (χ0n) is 18.8. The van der Waals surface area contributed by atoms with Crippen LogP contribution < -0.4 is 4.74 Å². The van der Waals surface area contributed by atoms with Crippen LogP contribution in [0, 0.1) is 0 Å². The van der Waals surface area contributed by atoms with E-state index in [1.807, 2.05) is 36.4 Å². The second-order valence-corrected chi connectivity index (χ2v) is 9.35. The molecule has 3 aromatic carbocycles. The number of likely N-dealkylation sites (N-methyl/N-ethyl adjacent to an activating group) is 1. The summed E-state index contributed by atoms with van der Waals surface area (Å²) in [5.41, 5.74) is 2.76. The molecule has 9 heteroatoms. The van der Waals surface area contributed by atoms with E-state index in [4.69, 9.17) is 32.7 Å². The fraction of sp³-hybridized carbons (Fsp3) is 0.115. The zero-order valence-corrected chi connectivity index (χ0v) is 21.2. The van der Waals surface area contributed by atoms with E-state index in [2.05, 4.69) is 4.99 Å². The van der Waals surface area contributed by atoms with Crippen LogP contribution in [0.4, 0.5) is 5.69 Å². The summed E-state index contributed by atoms with van der Waals surface area (Å²) in [7, 11) is 3.01. The first-order valence-electron chi connectivity index (χ1n) is 10.5. The van der Waals surface area contributed by atoms with Gasteiger partial charge >= 0.3 is 5.97 Å². The lowest BCUT2D eigenvalue weighted by atomic mass is 10.2. The number of hydrogen-bond donors (Lipinski definition) is 0. The molecule has 3 aromatic rings. The van der Waals surface area contributed by atoms with E-state index in [1.165, 1.54) is 23.8 Å². The Kier molecular flexibility index (Phi) is 7.80. The summed E-state index contributed by atoms with van der Waals surface area (Å²) in [6.45, 7) is 0.315. The monoisotopic (exact) mass is 526 g/mol. The maximum atomic E-state index is 12.7. The molecule has 0 unspecified atom stereocenters. The quantitative estimate of drug-likeness (QED) is 0.267. The number of hydrogen-bond acceptors (Lipinski definition) is 6. The van der Waals surface area contributed by atoms with Crippen LogP contribution in [0.25, 0.3) is 6.08 Å².